The molecule has 1 saturated heterocycles. The summed E-state index contributed by atoms with van der Waals surface area (Å²) in [4.78, 5) is 20.1. The zero-order valence-corrected chi connectivity index (χ0v) is 18.4. The number of amidine groups is 1. The number of amides is 1. The van der Waals surface area contributed by atoms with Crippen LogP contribution in [0.2, 0.25) is 0 Å². The molecule has 158 valence electrons. The second-order valence-electron chi connectivity index (χ2n) is 7.17. The summed E-state index contributed by atoms with van der Waals surface area (Å²) in [5.41, 5.74) is 1.53. The Balaban J connectivity index is 1.93. The summed E-state index contributed by atoms with van der Waals surface area (Å²) >= 11 is 1.34. The van der Waals surface area contributed by atoms with Gasteiger partial charge in [-0.1, -0.05) is 19.9 Å². The first-order valence-electron chi connectivity index (χ1n) is 9.81. The van der Waals surface area contributed by atoms with Crippen LogP contribution in [-0.2, 0) is 4.79 Å². The molecule has 0 spiro atoms. The molecule has 0 saturated carbocycles. The van der Waals surface area contributed by atoms with E-state index in [0.717, 1.165) is 17.0 Å². The standard InChI is InChI=1S/C23H26N2O4S/c1-5-29-20-12-16(6-11-19(20)26)13-21-22(27)25(14-15(2)3)23(30-21)24-17-7-9-18(28-4)10-8-17/h6-13,15,26H,5,14H2,1-4H3/b21-13-,24-23?. The van der Waals surface area contributed by atoms with Gasteiger partial charge in [-0.3, -0.25) is 9.69 Å². The molecule has 30 heavy (non-hydrogen) atoms. The van der Waals surface area contributed by atoms with E-state index in [9.17, 15) is 9.90 Å². The van der Waals surface area contributed by atoms with Gasteiger partial charge < -0.3 is 14.6 Å². The number of nitrogens with zero attached hydrogens (tertiary/aromatic N) is 2. The minimum atomic E-state index is -0.0769. The third-order valence-corrected chi connectivity index (χ3v) is 5.32. The van der Waals surface area contributed by atoms with E-state index in [-0.39, 0.29) is 11.7 Å². The number of rotatable bonds is 7. The molecule has 0 bridgehead atoms. The molecule has 1 aliphatic rings. The molecule has 0 radical (unpaired) electrons. The van der Waals surface area contributed by atoms with Gasteiger partial charge in [0.1, 0.15) is 5.75 Å². The topological polar surface area (TPSA) is 71.4 Å². The number of aromatic hydroxyl groups is 1. The molecule has 6 nitrogen and oxygen atoms in total. The van der Waals surface area contributed by atoms with Crippen LogP contribution < -0.4 is 9.47 Å². The van der Waals surface area contributed by atoms with Crippen molar-refractivity contribution in [2.75, 3.05) is 20.3 Å². The predicted octanol–water partition coefficient (Wildman–Crippen LogP) is 5.06. The largest absolute Gasteiger partial charge is 0.504 e. The number of methoxy groups -OCH3 is 1. The maximum Gasteiger partial charge on any atom is 0.266 e. The minimum absolute atomic E-state index is 0.0765. The first-order valence-corrected chi connectivity index (χ1v) is 10.6. The van der Waals surface area contributed by atoms with Crippen molar-refractivity contribution in [2.45, 2.75) is 20.8 Å². The zero-order chi connectivity index (χ0) is 21.7. The van der Waals surface area contributed by atoms with Crippen LogP contribution >= 0.6 is 11.8 Å². The zero-order valence-electron chi connectivity index (χ0n) is 17.6. The smallest absolute Gasteiger partial charge is 0.266 e. The number of hydrogen-bond donors (Lipinski definition) is 1. The summed E-state index contributed by atoms with van der Waals surface area (Å²) in [6.07, 6.45) is 1.80. The van der Waals surface area contributed by atoms with Gasteiger partial charge in [0.15, 0.2) is 16.7 Å². The normalized spacial score (nSPS) is 16.7. The molecule has 1 N–H and O–H groups in total. The van der Waals surface area contributed by atoms with Crippen LogP contribution in [-0.4, -0.2) is 41.3 Å². The van der Waals surface area contributed by atoms with E-state index < -0.39 is 0 Å². The van der Waals surface area contributed by atoms with E-state index in [1.165, 1.54) is 11.8 Å². The molecule has 0 unspecified atom stereocenters. The average molecular weight is 427 g/mol. The number of hydrogen-bond acceptors (Lipinski definition) is 6. The van der Waals surface area contributed by atoms with Crippen molar-refractivity contribution in [1.82, 2.24) is 4.90 Å². The highest BCUT2D eigenvalue weighted by Gasteiger charge is 2.33. The Kier molecular flexibility index (Phi) is 7.05. The molecule has 1 heterocycles. The second-order valence-corrected chi connectivity index (χ2v) is 8.18. The van der Waals surface area contributed by atoms with Crippen molar-refractivity contribution < 1.29 is 19.4 Å². The van der Waals surface area contributed by atoms with Crippen LogP contribution in [0.25, 0.3) is 6.08 Å². The maximum atomic E-state index is 13.1. The van der Waals surface area contributed by atoms with Crippen molar-refractivity contribution in [1.29, 1.82) is 0 Å². The van der Waals surface area contributed by atoms with Crippen LogP contribution in [0, 0.1) is 5.92 Å². The first kappa shape index (κ1) is 21.8. The van der Waals surface area contributed by atoms with Gasteiger partial charge in [-0.2, -0.15) is 0 Å². The van der Waals surface area contributed by atoms with Gasteiger partial charge in [0.2, 0.25) is 0 Å². The molecule has 2 aromatic rings. The monoisotopic (exact) mass is 426 g/mol. The number of phenolic OH excluding ortho intramolecular Hbond substituents is 1. The molecule has 3 rings (SSSR count). The van der Waals surface area contributed by atoms with Crippen molar-refractivity contribution in [3.63, 3.8) is 0 Å². The summed E-state index contributed by atoms with van der Waals surface area (Å²) in [5.74, 6) is 1.45. The Morgan fingerprint density at radius 1 is 1.20 bits per heavy atom. The first-order chi connectivity index (χ1) is 14.4. The summed E-state index contributed by atoms with van der Waals surface area (Å²) < 4.78 is 10.6. The van der Waals surface area contributed by atoms with Crippen LogP contribution in [0.3, 0.4) is 0 Å². The Hall–Kier alpha value is -2.93. The van der Waals surface area contributed by atoms with Crippen LogP contribution in [0.1, 0.15) is 26.3 Å². The molecule has 2 aromatic carbocycles. The van der Waals surface area contributed by atoms with E-state index in [0.29, 0.717) is 34.9 Å². The number of aliphatic imine (C=N–C) groups is 1. The van der Waals surface area contributed by atoms with E-state index in [2.05, 4.69) is 13.8 Å². The van der Waals surface area contributed by atoms with Crippen molar-refractivity contribution >= 4 is 34.6 Å². The summed E-state index contributed by atoms with van der Waals surface area (Å²) in [5, 5.41) is 10.6. The highest BCUT2D eigenvalue weighted by atomic mass is 32.2. The molecule has 7 heteroatoms. The van der Waals surface area contributed by atoms with Gasteiger partial charge in [0, 0.05) is 6.54 Å². The van der Waals surface area contributed by atoms with Crippen molar-refractivity contribution in [3.05, 3.63) is 52.9 Å². The molecular formula is C23H26N2O4S. The second kappa shape index (κ2) is 9.71. The lowest BCUT2D eigenvalue weighted by atomic mass is 10.1. The molecule has 1 fully saturated rings. The van der Waals surface area contributed by atoms with Gasteiger partial charge >= 0.3 is 0 Å². The van der Waals surface area contributed by atoms with Gasteiger partial charge in [0.05, 0.1) is 24.3 Å². The van der Waals surface area contributed by atoms with E-state index in [4.69, 9.17) is 14.5 Å². The number of phenols is 1. The predicted molar refractivity (Wildman–Crippen MR) is 121 cm³/mol. The fraction of sp³-hybridized carbons (Fsp3) is 0.304. The van der Waals surface area contributed by atoms with E-state index in [1.807, 2.05) is 31.2 Å². The summed E-state index contributed by atoms with van der Waals surface area (Å²) in [6, 6.07) is 12.5. The Morgan fingerprint density at radius 2 is 1.93 bits per heavy atom. The highest BCUT2D eigenvalue weighted by molar-refractivity contribution is 8.18. The summed E-state index contributed by atoms with van der Waals surface area (Å²) in [7, 11) is 1.62. The van der Waals surface area contributed by atoms with Gasteiger partial charge in [-0.25, -0.2) is 4.99 Å². The van der Waals surface area contributed by atoms with Crippen LogP contribution in [0.4, 0.5) is 5.69 Å². The minimum Gasteiger partial charge on any atom is -0.504 e. The summed E-state index contributed by atoms with van der Waals surface area (Å²) in [6.45, 7) is 7.02. The van der Waals surface area contributed by atoms with Crippen molar-refractivity contribution in [2.24, 2.45) is 10.9 Å². The molecule has 0 aliphatic carbocycles. The maximum absolute atomic E-state index is 13.1. The molecule has 1 aliphatic heterocycles. The highest BCUT2D eigenvalue weighted by Crippen LogP contribution is 2.36. The Bertz CT molecular complexity index is 968. The molecule has 1 amide bonds. The van der Waals surface area contributed by atoms with Gasteiger partial charge in [0.25, 0.3) is 5.91 Å². The molecular weight excluding hydrogens is 400 g/mol. The van der Waals surface area contributed by atoms with Crippen molar-refractivity contribution in [3.8, 4) is 17.2 Å². The quantitative estimate of drug-likeness (QED) is 0.627. The average Bonchev–Trinajstić information content (AvgIpc) is 2.99. The lowest BCUT2D eigenvalue weighted by molar-refractivity contribution is -0.122. The van der Waals surface area contributed by atoms with Crippen LogP contribution in [0.5, 0.6) is 17.2 Å². The lowest BCUT2D eigenvalue weighted by Gasteiger charge is -2.17. The lowest BCUT2D eigenvalue weighted by Crippen LogP contribution is -2.32. The third kappa shape index (κ3) is 5.16. The third-order valence-electron chi connectivity index (χ3n) is 4.31. The number of carbonyl (C=O) groups excluding carboxylic acids is 1. The van der Waals surface area contributed by atoms with E-state index in [1.54, 1.807) is 36.3 Å². The Morgan fingerprint density at radius 3 is 2.57 bits per heavy atom. The molecule has 0 atom stereocenters. The number of thioether (sulfide) groups is 1. The fourth-order valence-corrected chi connectivity index (χ4v) is 3.94. The molecule has 0 aromatic heterocycles. The Labute approximate surface area is 181 Å². The van der Waals surface area contributed by atoms with E-state index >= 15 is 0 Å². The van der Waals surface area contributed by atoms with Gasteiger partial charge in [-0.15, -0.1) is 0 Å². The number of carbonyl (C=O) groups is 1. The van der Waals surface area contributed by atoms with Gasteiger partial charge in [-0.05, 0) is 72.6 Å². The SMILES string of the molecule is CCOc1cc(/C=C2\SC(=Nc3ccc(OC)cc3)N(CC(C)C)C2=O)ccc1O. The fourth-order valence-electron chi connectivity index (χ4n) is 2.93. The van der Waals surface area contributed by atoms with Crippen LogP contribution in [0.15, 0.2) is 52.4 Å². The number of ether oxygens (including phenoxy) is 2. The number of benzene rings is 2.